The molecular weight excluding hydrogens is 318 g/mol. The van der Waals surface area contributed by atoms with Crippen LogP contribution in [-0.4, -0.2) is 17.6 Å². The molecule has 3 aromatic rings. The molecule has 1 aliphatic heterocycles. The number of carbonyl (C=O) groups is 1. The van der Waals surface area contributed by atoms with Gasteiger partial charge in [-0.15, -0.1) is 0 Å². The SMILES string of the molecule is O=C(c1ccc(Cl)cc1)c1c[nH]c2cc3c(cc2c1=O)OCO3. The third kappa shape index (κ3) is 2.26. The highest BCUT2D eigenvalue weighted by Crippen LogP contribution is 2.34. The molecule has 0 atom stereocenters. The molecule has 114 valence electrons. The second-order valence-corrected chi connectivity index (χ2v) is 5.55. The first-order valence-electron chi connectivity index (χ1n) is 6.89. The van der Waals surface area contributed by atoms with E-state index in [1.54, 1.807) is 36.4 Å². The fourth-order valence-electron chi connectivity index (χ4n) is 2.54. The largest absolute Gasteiger partial charge is 0.454 e. The number of ether oxygens (including phenoxy) is 2. The summed E-state index contributed by atoms with van der Waals surface area (Å²) < 4.78 is 10.6. The van der Waals surface area contributed by atoms with E-state index < -0.39 is 0 Å². The maximum atomic E-state index is 12.6. The smallest absolute Gasteiger partial charge is 0.231 e. The molecule has 0 aliphatic carbocycles. The van der Waals surface area contributed by atoms with Crippen molar-refractivity contribution in [3.63, 3.8) is 0 Å². The second-order valence-electron chi connectivity index (χ2n) is 5.12. The fraction of sp³-hybridized carbons (Fsp3) is 0.0588. The monoisotopic (exact) mass is 327 g/mol. The number of aromatic nitrogens is 1. The Hall–Kier alpha value is -2.79. The molecule has 2 heterocycles. The molecule has 0 spiro atoms. The van der Waals surface area contributed by atoms with Gasteiger partial charge in [0.2, 0.25) is 12.2 Å². The van der Waals surface area contributed by atoms with E-state index in [2.05, 4.69) is 4.98 Å². The Bertz CT molecular complexity index is 992. The number of aromatic amines is 1. The average molecular weight is 328 g/mol. The Balaban J connectivity index is 1.86. The van der Waals surface area contributed by atoms with Crippen molar-refractivity contribution < 1.29 is 14.3 Å². The number of hydrogen-bond acceptors (Lipinski definition) is 4. The van der Waals surface area contributed by atoms with Crippen LogP contribution in [0, 0.1) is 0 Å². The van der Waals surface area contributed by atoms with Gasteiger partial charge in [0.1, 0.15) is 0 Å². The van der Waals surface area contributed by atoms with E-state index in [0.717, 1.165) is 0 Å². The van der Waals surface area contributed by atoms with E-state index >= 15 is 0 Å². The van der Waals surface area contributed by atoms with Gasteiger partial charge in [0.25, 0.3) is 0 Å². The summed E-state index contributed by atoms with van der Waals surface area (Å²) in [5.41, 5.74) is 0.711. The first-order chi connectivity index (χ1) is 11.1. The van der Waals surface area contributed by atoms with E-state index in [0.29, 0.717) is 33.0 Å². The number of ketones is 1. The van der Waals surface area contributed by atoms with Gasteiger partial charge >= 0.3 is 0 Å². The summed E-state index contributed by atoms with van der Waals surface area (Å²) in [5.74, 6) is 0.714. The van der Waals surface area contributed by atoms with Gasteiger partial charge < -0.3 is 14.5 Å². The zero-order valence-corrected chi connectivity index (χ0v) is 12.5. The summed E-state index contributed by atoms with van der Waals surface area (Å²) in [6.07, 6.45) is 1.42. The number of halogens is 1. The predicted octanol–water partition coefficient (Wildman–Crippen LogP) is 3.14. The molecule has 2 aromatic carbocycles. The Morgan fingerprint density at radius 1 is 1.09 bits per heavy atom. The van der Waals surface area contributed by atoms with Crippen molar-refractivity contribution in [1.82, 2.24) is 4.98 Å². The molecule has 0 radical (unpaired) electrons. The summed E-state index contributed by atoms with van der Waals surface area (Å²) in [6.45, 7) is 0.121. The van der Waals surface area contributed by atoms with Crippen LogP contribution in [0.1, 0.15) is 15.9 Å². The van der Waals surface area contributed by atoms with Crippen LogP contribution in [0.25, 0.3) is 10.9 Å². The quantitative estimate of drug-likeness (QED) is 0.734. The van der Waals surface area contributed by atoms with Gasteiger partial charge in [-0.1, -0.05) is 11.6 Å². The minimum atomic E-state index is -0.359. The van der Waals surface area contributed by atoms with Crippen LogP contribution in [-0.2, 0) is 0 Å². The van der Waals surface area contributed by atoms with E-state index in [1.165, 1.54) is 6.20 Å². The minimum Gasteiger partial charge on any atom is -0.454 e. The van der Waals surface area contributed by atoms with E-state index in [9.17, 15) is 9.59 Å². The van der Waals surface area contributed by atoms with Gasteiger partial charge in [0.05, 0.1) is 16.5 Å². The number of rotatable bonds is 2. The van der Waals surface area contributed by atoms with Crippen molar-refractivity contribution in [3.8, 4) is 11.5 Å². The highest BCUT2D eigenvalue weighted by Gasteiger charge is 2.19. The second kappa shape index (κ2) is 5.14. The number of pyridine rings is 1. The molecule has 1 N–H and O–H groups in total. The van der Waals surface area contributed by atoms with Gasteiger partial charge in [-0.2, -0.15) is 0 Å². The summed E-state index contributed by atoms with van der Waals surface area (Å²) in [4.78, 5) is 28.2. The van der Waals surface area contributed by atoms with Crippen LogP contribution in [0.2, 0.25) is 5.02 Å². The molecule has 0 amide bonds. The minimum absolute atomic E-state index is 0.0682. The Morgan fingerprint density at radius 2 is 1.78 bits per heavy atom. The van der Waals surface area contributed by atoms with Crippen molar-refractivity contribution in [2.24, 2.45) is 0 Å². The zero-order valence-electron chi connectivity index (χ0n) is 11.8. The lowest BCUT2D eigenvalue weighted by atomic mass is 10.0. The molecule has 1 aliphatic rings. The Morgan fingerprint density at radius 3 is 2.52 bits per heavy atom. The van der Waals surface area contributed by atoms with Crippen molar-refractivity contribution in [2.45, 2.75) is 0 Å². The zero-order chi connectivity index (χ0) is 16.0. The average Bonchev–Trinajstić information content (AvgIpc) is 3.01. The molecule has 0 saturated heterocycles. The van der Waals surface area contributed by atoms with Crippen LogP contribution < -0.4 is 14.9 Å². The number of carbonyl (C=O) groups excluding carboxylic acids is 1. The van der Waals surface area contributed by atoms with Gasteiger partial charge in [0.15, 0.2) is 17.3 Å². The number of fused-ring (bicyclic) bond motifs is 2. The van der Waals surface area contributed by atoms with E-state index in [-0.39, 0.29) is 23.6 Å². The first-order valence-corrected chi connectivity index (χ1v) is 7.26. The maximum absolute atomic E-state index is 12.6. The van der Waals surface area contributed by atoms with Crippen LogP contribution in [0.4, 0.5) is 0 Å². The normalized spacial score (nSPS) is 12.6. The molecule has 1 aromatic heterocycles. The first kappa shape index (κ1) is 13.8. The van der Waals surface area contributed by atoms with E-state index in [4.69, 9.17) is 21.1 Å². The van der Waals surface area contributed by atoms with Crippen LogP contribution in [0.5, 0.6) is 11.5 Å². The molecule has 4 rings (SSSR count). The highest BCUT2D eigenvalue weighted by molar-refractivity contribution is 6.30. The Labute approximate surface area is 135 Å². The lowest BCUT2D eigenvalue weighted by Crippen LogP contribution is -2.16. The maximum Gasteiger partial charge on any atom is 0.231 e. The third-order valence-corrected chi connectivity index (χ3v) is 3.98. The van der Waals surface area contributed by atoms with Crippen molar-refractivity contribution >= 4 is 28.3 Å². The molecule has 0 saturated carbocycles. The van der Waals surface area contributed by atoms with Crippen LogP contribution >= 0.6 is 11.6 Å². The predicted molar refractivity (Wildman–Crippen MR) is 85.6 cm³/mol. The van der Waals surface area contributed by atoms with Gasteiger partial charge in [-0.25, -0.2) is 0 Å². The summed E-state index contributed by atoms with van der Waals surface area (Å²) in [6, 6.07) is 9.69. The molecule has 6 heteroatoms. The third-order valence-electron chi connectivity index (χ3n) is 3.73. The topological polar surface area (TPSA) is 68.4 Å². The molecule has 0 unspecified atom stereocenters. The standard InChI is InChI=1S/C17H10ClNO4/c18-10-3-1-9(2-4-10)16(20)12-7-19-13-6-15-14(22-8-23-15)5-11(13)17(12)21/h1-7H,8H2,(H,19,21). The molecule has 0 bridgehead atoms. The van der Waals surface area contributed by atoms with Crippen molar-refractivity contribution in [1.29, 1.82) is 0 Å². The summed E-state index contributed by atoms with van der Waals surface area (Å²) in [7, 11) is 0. The lowest BCUT2D eigenvalue weighted by molar-refractivity contribution is 0.103. The van der Waals surface area contributed by atoms with Gasteiger partial charge in [0, 0.05) is 22.8 Å². The summed E-state index contributed by atoms with van der Waals surface area (Å²) >= 11 is 5.82. The van der Waals surface area contributed by atoms with Crippen molar-refractivity contribution in [3.05, 3.63) is 69.0 Å². The number of H-pyrrole nitrogens is 1. The molecule has 23 heavy (non-hydrogen) atoms. The molecular formula is C17H10ClNO4. The lowest BCUT2D eigenvalue weighted by Gasteiger charge is -2.05. The van der Waals surface area contributed by atoms with Gasteiger partial charge in [-0.3, -0.25) is 9.59 Å². The van der Waals surface area contributed by atoms with Crippen molar-refractivity contribution in [2.75, 3.05) is 6.79 Å². The highest BCUT2D eigenvalue weighted by atomic mass is 35.5. The Kier molecular flexibility index (Phi) is 3.09. The number of benzene rings is 2. The van der Waals surface area contributed by atoms with E-state index in [1.807, 2.05) is 0 Å². The molecule has 0 fully saturated rings. The summed E-state index contributed by atoms with van der Waals surface area (Å²) in [5, 5.41) is 0.913. The van der Waals surface area contributed by atoms with Gasteiger partial charge in [-0.05, 0) is 30.3 Å². The fourth-order valence-corrected chi connectivity index (χ4v) is 2.66. The van der Waals surface area contributed by atoms with Crippen LogP contribution in [0.15, 0.2) is 47.4 Å². The van der Waals surface area contributed by atoms with Crippen LogP contribution in [0.3, 0.4) is 0 Å². The number of hydrogen-bond donors (Lipinski definition) is 1. The number of nitrogens with one attached hydrogen (secondary N) is 1. The molecule has 5 nitrogen and oxygen atoms in total.